The molecule has 0 bridgehead atoms. The summed E-state index contributed by atoms with van der Waals surface area (Å²) in [6, 6.07) is 4.84. The molecule has 15 heavy (non-hydrogen) atoms. The number of hydrogen-bond donors (Lipinski definition) is 1. The number of nitrogens with two attached hydrogens (primary N) is 1. The van der Waals surface area contributed by atoms with Gasteiger partial charge in [-0.2, -0.15) is 11.8 Å². The van der Waals surface area contributed by atoms with Gasteiger partial charge in [-0.3, -0.25) is 0 Å². The summed E-state index contributed by atoms with van der Waals surface area (Å²) in [5.74, 6) is 1.01. The van der Waals surface area contributed by atoms with E-state index in [9.17, 15) is 4.39 Å². The van der Waals surface area contributed by atoms with E-state index in [0.29, 0.717) is 18.9 Å². The van der Waals surface area contributed by atoms with E-state index in [0.717, 1.165) is 17.7 Å². The minimum atomic E-state index is -0.331. The quantitative estimate of drug-likeness (QED) is 0.761. The Balaban J connectivity index is 2.47. The maximum atomic E-state index is 13.4. The fourth-order valence-electron chi connectivity index (χ4n) is 1.17. The average molecular weight is 229 g/mol. The molecule has 1 aromatic carbocycles. The SMILES string of the molecule is CSCCCOc1ccc(CN)cc1F. The highest BCUT2D eigenvalue weighted by molar-refractivity contribution is 7.98. The van der Waals surface area contributed by atoms with Crippen LogP contribution >= 0.6 is 11.8 Å². The lowest BCUT2D eigenvalue weighted by atomic mass is 10.2. The summed E-state index contributed by atoms with van der Waals surface area (Å²) in [5, 5.41) is 0. The lowest BCUT2D eigenvalue weighted by molar-refractivity contribution is 0.302. The van der Waals surface area contributed by atoms with Crippen molar-refractivity contribution in [3.05, 3.63) is 29.6 Å². The molecular formula is C11H16FNOS. The molecule has 0 radical (unpaired) electrons. The highest BCUT2D eigenvalue weighted by Crippen LogP contribution is 2.18. The minimum absolute atomic E-state index is 0.313. The van der Waals surface area contributed by atoms with Gasteiger partial charge >= 0.3 is 0 Å². The summed E-state index contributed by atoms with van der Waals surface area (Å²) in [6.45, 7) is 0.906. The van der Waals surface area contributed by atoms with Crippen LogP contribution in [-0.2, 0) is 6.54 Å². The molecule has 2 N–H and O–H groups in total. The lowest BCUT2D eigenvalue weighted by Gasteiger charge is -2.07. The highest BCUT2D eigenvalue weighted by atomic mass is 32.2. The summed E-state index contributed by atoms with van der Waals surface area (Å²) >= 11 is 1.76. The van der Waals surface area contributed by atoms with Gasteiger partial charge in [-0.15, -0.1) is 0 Å². The maximum absolute atomic E-state index is 13.4. The molecule has 0 atom stereocenters. The van der Waals surface area contributed by atoms with Gasteiger partial charge in [0, 0.05) is 6.54 Å². The van der Waals surface area contributed by atoms with Crippen LogP contribution in [0.2, 0.25) is 0 Å². The molecule has 4 heteroatoms. The van der Waals surface area contributed by atoms with Crippen molar-refractivity contribution in [1.82, 2.24) is 0 Å². The Morgan fingerprint density at radius 2 is 2.27 bits per heavy atom. The Hall–Kier alpha value is -0.740. The summed E-state index contributed by atoms with van der Waals surface area (Å²) in [7, 11) is 0. The van der Waals surface area contributed by atoms with E-state index in [1.807, 2.05) is 6.26 Å². The first-order valence-corrected chi connectivity index (χ1v) is 6.27. The molecule has 0 saturated carbocycles. The molecular weight excluding hydrogens is 213 g/mol. The predicted molar refractivity (Wildman–Crippen MR) is 62.8 cm³/mol. The Morgan fingerprint density at radius 1 is 1.47 bits per heavy atom. The molecule has 1 aromatic rings. The van der Waals surface area contributed by atoms with Gasteiger partial charge in [0.15, 0.2) is 11.6 Å². The molecule has 0 amide bonds. The first-order valence-electron chi connectivity index (χ1n) is 4.88. The van der Waals surface area contributed by atoms with Gasteiger partial charge in [0.05, 0.1) is 6.61 Å². The predicted octanol–water partition coefficient (Wildman–Crippen LogP) is 2.42. The first kappa shape index (κ1) is 12.3. The van der Waals surface area contributed by atoms with E-state index in [1.54, 1.807) is 23.9 Å². The van der Waals surface area contributed by atoms with Crippen LogP contribution in [-0.4, -0.2) is 18.6 Å². The van der Waals surface area contributed by atoms with E-state index in [1.165, 1.54) is 6.07 Å². The third-order valence-corrected chi connectivity index (χ3v) is 2.68. The number of benzene rings is 1. The molecule has 0 saturated heterocycles. The van der Waals surface area contributed by atoms with Gasteiger partial charge in [-0.25, -0.2) is 4.39 Å². The monoisotopic (exact) mass is 229 g/mol. The standard InChI is InChI=1S/C11H16FNOS/c1-15-6-2-5-14-11-4-3-9(8-13)7-10(11)12/h3-4,7H,2,5-6,8,13H2,1H3. The smallest absolute Gasteiger partial charge is 0.165 e. The topological polar surface area (TPSA) is 35.2 Å². The molecule has 0 fully saturated rings. The lowest BCUT2D eigenvalue weighted by Crippen LogP contribution is -2.02. The third kappa shape index (κ3) is 4.10. The second-order valence-electron chi connectivity index (χ2n) is 3.16. The van der Waals surface area contributed by atoms with Crippen LogP contribution in [0.3, 0.4) is 0 Å². The summed E-state index contributed by atoms with van der Waals surface area (Å²) < 4.78 is 18.7. The van der Waals surface area contributed by atoms with E-state index in [4.69, 9.17) is 10.5 Å². The number of ether oxygens (including phenoxy) is 1. The van der Waals surface area contributed by atoms with Crippen molar-refractivity contribution in [2.24, 2.45) is 5.73 Å². The van der Waals surface area contributed by atoms with Gasteiger partial charge in [-0.05, 0) is 36.1 Å². The largest absolute Gasteiger partial charge is 0.490 e. The van der Waals surface area contributed by atoms with Crippen molar-refractivity contribution in [2.75, 3.05) is 18.6 Å². The molecule has 0 aliphatic rings. The van der Waals surface area contributed by atoms with Gasteiger partial charge in [0.1, 0.15) is 0 Å². The van der Waals surface area contributed by atoms with Gasteiger partial charge in [-0.1, -0.05) is 6.07 Å². The molecule has 84 valence electrons. The maximum Gasteiger partial charge on any atom is 0.165 e. The minimum Gasteiger partial charge on any atom is -0.490 e. The van der Waals surface area contributed by atoms with Crippen LogP contribution in [0.4, 0.5) is 4.39 Å². The van der Waals surface area contributed by atoms with Crippen LogP contribution in [0, 0.1) is 5.82 Å². The normalized spacial score (nSPS) is 10.3. The summed E-state index contributed by atoms with van der Waals surface area (Å²) in [5.41, 5.74) is 6.18. The van der Waals surface area contributed by atoms with E-state index in [-0.39, 0.29) is 5.82 Å². The van der Waals surface area contributed by atoms with Crippen LogP contribution in [0.25, 0.3) is 0 Å². The highest BCUT2D eigenvalue weighted by Gasteiger charge is 2.03. The second-order valence-corrected chi connectivity index (χ2v) is 4.15. The molecule has 2 nitrogen and oxygen atoms in total. The summed E-state index contributed by atoms with van der Waals surface area (Å²) in [6.07, 6.45) is 2.97. The molecule has 0 unspecified atom stereocenters. The molecule has 0 aliphatic heterocycles. The zero-order chi connectivity index (χ0) is 11.1. The van der Waals surface area contributed by atoms with Gasteiger partial charge < -0.3 is 10.5 Å². The van der Waals surface area contributed by atoms with Crippen molar-refractivity contribution in [1.29, 1.82) is 0 Å². The van der Waals surface area contributed by atoms with Crippen molar-refractivity contribution in [2.45, 2.75) is 13.0 Å². The van der Waals surface area contributed by atoms with Crippen LogP contribution in [0.15, 0.2) is 18.2 Å². The Morgan fingerprint density at radius 3 is 2.87 bits per heavy atom. The van der Waals surface area contributed by atoms with Crippen molar-refractivity contribution in [3.8, 4) is 5.75 Å². The number of hydrogen-bond acceptors (Lipinski definition) is 3. The molecule has 1 rings (SSSR count). The Kier molecular flexibility index (Phi) is 5.50. The van der Waals surface area contributed by atoms with Crippen molar-refractivity contribution in [3.63, 3.8) is 0 Å². The Bertz CT molecular complexity index is 307. The molecule has 0 heterocycles. The molecule has 0 aliphatic carbocycles. The van der Waals surface area contributed by atoms with E-state index in [2.05, 4.69) is 0 Å². The fraction of sp³-hybridized carbons (Fsp3) is 0.455. The third-order valence-electron chi connectivity index (χ3n) is 1.98. The van der Waals surface area contributed by atoms with Gasteiger partial charge in [0.2, 0.25) is 0 Å². The van der Waals surface area contributed by atoms with Crippen LogP contribution in [0.5, 0.6) is 5.75 Å². The number of thioether (sulfide) groups is 1. The average Bonchev–Trinajstić information content (AvgIpc) is 2.26. The van der Waals surface area contributed by atoms with E-state index < -0.39 is 0 Å². The molecule has 0 aromatic heterocycles. The zero-order valence-electron chi connectivity index (χ0n) is 8.83. The number of rotatable bonds is 6. The summed E-state index contributed by atoms with van der Waals surface area (Å²) in [4.78, 5) is 0. The fourth-order valence-corrected chi connectivity index (χ4v) is 1.58. The zero-order valence-corrected chi connectivity index (χ0v) is 9.65. The van der Waals surface area contributed by atoms with Crippen molar-refractivity contribution >= 4 is 11.8 Å². The molecule has 0 spiro atoms. The first-order chi connectivity index (χ1) is 7.27. The van der Waals surface area contributed by atoms with E-state index >= 15 is 0 Å². The van der Waals surface area contributed by atoms with Crippen LogP contribution < -0.4 is 10.5 Å². The van der Waals surface area contributed by atoms with Gasteiger partial charge in [0.25, 0.3) is 0 Å². The van der Waals surface area contributed by atoms with Crippen molar-refractivity contribution < 1.29 is 9.13 Å². The second kappa shape index (κ2) is 6.69. The number of halogens is 1. The Labute approximate surface area is 94.0 Å². The van der Waals surface area contributed by atoms with Crippen LogP contribution in [0.1, 0.15) is 12.0 Å².